The minimum absolute atomic E-state index is 0.656. The lowest BCUT2D eigenvalue weighted by Crippen LogP contribution is -2.07. The van der Waals surface area contributed by atoms with Crippen LogP contribution in [0.25, 0.3) is 0 Å². The van der Waals surface area contributed by atoms with Crippen LogP contribution in [0.2, 0.25) is 0 Å². The van der Waals surface area contributed by atoms with E-state index in [1.807, 2.05) is 36.0 Å². The summed E-state index contributed by atoms with van der Waals surface area (Å²) in [5, 5.41) is 10.3. The topological polar surface area (TPSA) is 47.3 Å². The van der Waals surface area contributed by atoms with Crippen molar-refractivity contribution in [1.82, 2.24) is 9.55 Å². The molecular weight excluding hydrogens is 216 g/mol. The number of imidazole rings is 1. The lowest BCUT2D eigenvalue weighted by Gasteiger charge is -2.12. The van der Waals surface area contributed by atoms with E-state index in [0.29, 0.717) is 5.82 Å². The molecule has 0 fully saturated rings. The van der Waals surface area contributed by atoms with E-state index < -0.39 is 6.10 Å². The first-order chi connectivity index (χ1) is 8.25. The van der Waals surface area contributed by atoms with Crippen LogP contribution in [-0.4, -0.2) is 21.3 Å². The number of nitrogens with zero attached hydrogens (tertiary/aromatic N) is 2. The molecule has 17 heavy (non-hydrogen) atoms. The first-order valence-electron chi connectivity index (χ1n) is 5.66. The van der Waals surface area contributed by atoms with Crippen molar-refractivity contribution in [2.45, 2.75) is 12.5 Å². The normalized spacial score (nSPS) is 15.4. The van der Waals surface area contributed by atoms with Crippen molar-refractivity contribution in [2.24, 2.45) is 7.05 Å². The van der Waals surface area contributed by atoms with Gasteiger partial charge >= 0.3 is 0 Å². The number of aliphatic hydroxyl groups excluding tert-OH is 1. The van der Waals surface area contributed by atoms with E-state index in [4.69, 9.17) is 4.74 Å². The molecule has 2 heterocycles. The van der Waals surface area contributed by atoms with Crippen LogP contribution >= 0.6 is 0 Å². The number of ether oxygens (including phenoxy) is 1. The predicted octanol–water partition coefficient (Wildman–Crippen LogP) is 1.44. The number of aliphatic hydroxyl groups is 1. The molecule has 4 heteroatoms. The predicted molar refractivity (Wildman–Crippen MR) is 62.9 cm³/mol. The summed E-state index contributed by atoms with van der Waals surface area (Å²) in [5.74, 6) is 1.59. The van der Waals surface area contributed by atoms with Crippen LogP contribution in [0.4, 0.5) is 0 Å². The molecule has 3 rings (SSSR count). The summed E-state index contributed by atoms with van der Waals surface area (Å²) in [7, 11) is 1.88. The number of fused-ring (bicyclic) bond motifs is 1. The molecule has 0 spiro atoms. The minimum atomic E-state index is -0.680. The average Bonchev–Trinajstić information content (AvgIpc) is 2.95. The molecule has 88 valence electrons. The number of hydrogen-bond donors (Lipinski definition) is 1. The van der Waals surface area contributed by atoms with Gasteiger partial charge in [-0.2, -0.15) is 0 Å². The summed E-state index contributed by atoms with van der Waals surface area (Å²) >= 11 is 0. The zero-order valence-electron chi connectivity index (χ0n) is 9.63. The highest BCUT2D eigenvalue weighted by molar-refractivity contribution is 5.41. The third-order valence-electron chi connectivity index (χ3n) is 3.13. The summed E-state index contributed by atoms with van der Waals surface area (Å²) < 4.78 is 7.27. The maximum Gasteiger partial charge on any atom is 0.142 e. The molecule has 1 aliphatic heterocycles. The SMILES string of the molecule is Cn1ccnc1C(O)c1ccc2c(c1)CCO2. The molecule has 2 aromatic rings. The van der Waals surface area contributed by atoms with Gasteiger partial charge in [-0.25, -0.2) is 4.98 Å². The fraction of sp³-hybridized carbons (Fsp3) is 0.308. The summed E-state index contributed by atoms with van der Waals surface area (Å²) in [4.78, 5) is 4.17. The summed E-state index contributed by atoms with van der Waals surface area (Å²) in [6.07, 6.45) is 3.75. The first kappa shape index (κ1) is 10.4. The largest absolute Gasteiger partial charge is 0.493 e. The minimum Gasteiger partial charge on any atom is -0.493 e. The van der Waals surface area contributed by atoms with E-state index in [0.717, 1.165) is 29.9 Å². The van der Waals surface area contributed by atoms with E-state index in [2.05, 4.69) is 4.98 Å². The lowest BCUT2D eigenvalue weighted by molar-refractivity contribution is 0.206. The van der Waals surface area contributed by atoms with Crippen molar-refractivity contribution >= 4 is 0 Å². The Hall–Kier alpha value is -1.81. The molecule has 1 N–H and O–H groups in total. The molecule has 0 aliphatic carbocycles. The second kappa shape index (κ2) is 3.89. The van der Waals surface area contributed by atoms with Gasteiger partial charge in [-0.05, 0) is 23.3 Å². The Kier molecular flexibility index (Phi) is 2.37. The molecule has 1 aliphatic rings. The standard InChI is InChI=1S/C13H14N2O2/c1-15-6-5-14-13(15)12(16)10-2-3-11-9(8-10)4-7-17-11/h2-3,5-6,8,12,16H,4,7H2,1H3. The van der Waals surface area contributed by atoms with Crippen LogP contribution in [0, 0.1) is 0 Å². The van der Waals surface area contributed by atoms with Crippen LogP contribution in [0.3, 0.4) is 0 Å². The van der Waals surface area contributed by atoms with Crippen molar-refractivity contribution in [3.8, 4) is 5.75 Å². The van der Waals surface area contributed by atoms with Gasteiger partial charge in [0.2, 0.25) is 0 Å². The maximum atomic E-state index is 10.3. The van der Waals surface area contributed by atoms with E-state index >= 15 is 0 Å². The van der Waals surface area contributed by atoms with Gasteiger partial charge in [-0.3, -0.25) is 0 Å². The number of hydrogen-bond acceptors (Lipinski definition) is 3. The van der Waals surface area contributed by atoms with Crippen molar-refractivity contribution in [3.05, 3.63) is 47.5 Å². The Morgan fingerprint density at radius 2 is 2.35 bits per heavy atom. The maximum absolute atomic E-state index is 10.3. The molecule has 1 unspecified atom stereocenters. The fourth-order valence-electron chi connectivity index (χ4n) is 2.17. The van der Waals surface area contributed by atoms with Crippen LogP contribution < -0.4 is 4.74 Å². The highest BCUT2D eigenvalue weighted by Gasteiger charge is 2.18. The van der Waals surface area contributed by atoms with E-state index in [9.17, 15) is 5.11 Å². The molecule has 1 atom stereocenters. The molecule has 0 amide bonds. The molecule has 1 aromatic heterocycles. The van der Waals surface area contributed by atoms with Gasteiger partial charge in [-0.15, -0.1) is 0 Å². The second-order valence-electron chi connectivity index (χ2n) is 4.26. The van der Waals surface area contributed by atoms with Crippen molar-refractivity contribution in [1.29, 1.82) is 0 Å². The highest BCUT2D eigenvalue weighted by Crippen LogP contribution is 2.29. The van der Waals surface area contributed by atoms with Gasteiger partial charge in [0.15, 0.2) is 0 Å². The number of rotatable bonds is 2. The molecule has 4 nitrogen and oxygen atoms in total. The first-order valence-corrected chi connectivity index (χ1v) is 5.66. The highest BCUT2D eigenvalue weighted by atomic mass is 16.5. The smallest absolute Gasteiger partial charge is 0.142 e. The van der Waals surface area contributed by atoms with Gasteiger partial charge in [0.05, 0.1) is 6.61 Å². The van der Waals surface area contributed by atoms with E-state index in [-0.39, 0.29) is 0 Å². The molecular formula is C13H14N2O2. The third-order valence-corrected chi connectivity index (χ3v) is 3.13. The van der Waals surface area contributed by atoms with Crippen LogP contribution in [0.1, 0.15) is 23.1 Å². The third kappa shape index (κ3) is 1.70. The second-order valence-corrected chi connectivity index (χ2v) is 4.26. The Labute approximate surface area is 99.5 Å². The Bertz CT molecular complexity index is 548. The summed E-state index contributed by atoms with van der Waals surface area (Å²) in [5.41, 5.74) is 2.03. The molecule has 0 saturated carbocycles. The van der Waals surface area contributed by atoms with Crippen LogP contribution in [-0.2, 0) is 13.5 Å². The van der Waals surface area contributed by atoms with Crippen molar-refractivity contribution in [2.75, 3.05) is 6.61 Å². The zero-order chi connectivity index (χ0) is 11.8. The molecule has 0 saturated heterocycles. The van der Waals surface area contributed by atoms with Crippen LogP contribution in [0.5, 0.6) is 5.75 Å². The van der Waals surface area contributed by atoms with Gasteiger partial charge in [0.1, 0.15) is 17.7 Å². The fourth-order valence-corrected chi connectivity index (χ4v) is 2.17. The quantitative estimate of drug-likeness (QED) is 0.849. The Morgan fingerprint density at radius 3 is 3.12 bits per heavy atom. The number of benzene rings is 1. The molecule has 0 radical (unpaired) electrons. The van der Waals surface area contributed by atoms with Gasteiger partial charge in [-0.1, -0.05) is 6.07 Å². The number of aryl methyl sites for hydroxylation is 1. The average molecular weight is 230 g/mol. The zero-order valence-corrected chi connectivity index (χ0v) is 9.63. The Morgan fingerprint density at radius 1 is 1.47 bits per heavy atom. The van der Waals surface area contributed by atoms with Gasteiger partial charge < -0.3 is 14.4 Å². The van der Waals surface area contributed by atoms with Crippen molar-refractivity contribution < 1.29 is 9.84 Å². The molecule has 0 bridgehead atoms. The summed E-state index contributed by atoms with van der Waals surface area (Å²) in [6.45, 7) is 0.733. The monoisotopic (exact) mass is 230 g/mol. The Balaban J connectivity index is 1.97. The van der Waals surface area contributed by atoms with Gasteiger partial charge in [0.25, 0.3) is 0 Å². The van der Waals surface area contributed by atoms with Crippen molar-refractivity contribution in [3.63, 3.8) is 0 Å². The molecule has 1 aromatic carbocycles. The van der Waals surface area contributed by atoms with E-state index in [1.54, 1.807) is 6.20 Å². The lowest BCUT2D eigenvalue weighted by atomic mass is 10.0. The number of aromatic nitrogens is 2. The van der Waals surface area contributed by atoms with Crippen LogP contribution in [0.15, 0.2) is 30.6 Å². The summed E-state index contributed by atoms with van der Waals surface area (Å²) in [6, 6.07) is 5.81. The van der Waals surface area contributed by atoms with E-state index in [1.165, 1.54) is 0 Å². The van der Waals surface area contributed by atoms with Gasteiger partial charge in [0, 0.05) is 25.9 Å².